The number of rotatable bonds is 5. The normalized spacial score (nSPS) is 10.6. The molecule has 0 atom stereocenters. The number of pyridine rings is 1. The molecule has 136 valence electrons. The van der Waals surface area contributed by atoms with Crippen molar-refractivity contribution in [3.05, 3.63) is 64.7 Å². The number of hydrogen-bond acceptors (Lipinski definition) is 4. The van der Waals surface area contributed by atoms with Gasteiger partial charge in [-0.2, -0.15) is 5.26 Å². The standard InChI is InChI=1S/C22H21N3OS/c1-4-16-7-5-6-8-19(16)24-21(26)13-27-22-18(12-23)11-17-9-14(2)15(3)10-20(17)25-22/h5-11H,4,13H2,1-3H3,(H,24,26). The highest BCUT2D eigenvalue weighted by Crippen LogP contribution is 2.26. The highest BCUT2D eigenvalue weighted by atomic mass is 32.2. The lowest BCUT2D eigenvalue weighted by Gasteiger charge is -2.10. The Balaban J connectivity index is 1.79. The van der Waals surface area contributed by atoms with Gasteiger partial charge < -0.3 is 5.32 Å². The summed E-state index contributed by atoms with van der Waals surface area (Å²) in [6, 6.07) is 15.9. The van der Waals surface area contributed by atoms with E-state index in [2.05, 4.69) is 23.3 Å². The van der Waals surface area contributed by atoms with Crippen molar-refractivity contribution in [3.63, 3.8) is 0 Å². The Kier molecular flexibility index (Phi) is 5.78. The Morgan fingerprint density at radius 1 is 1.19 bits per heavy atom. The zero-order chi connectivity index (χ0) is 19.4. The van der Waals surface area contributed by atoms with Gasteiger partial charge in [0.05, 0.1) is 16.8 Å². The van der Waals surface area contributed by atoms with Crippen LogP contribution in [-0.4, -0.2) is 16.6 Å². The predicted octanol–water partition coefficient (Wildman–Crippen LogP) is 5.02. The van der Waals surface area contributed by atoms with Gasteiger partial charge in [0.2, 0.25) is 5.91 Å². The number of hydrogen-bond donors (Lipinski definition) is 1. The van der Waals surface area contributed by atoms with Crippen LogP contribution in [0.3, 0.4) is 0 Å². The highest BCUT2D eigenvalue weighted by Gasteiger charge is 2.12. The van der Waals surface area contributed by atoms with Crippen molar-refractivity contribution in [2.45, 2.75) is 32.2 Å². The van der Waals surface area contributed by atoms with Gasteiger partial charge in [0.1, 0.15) is 11.1 Å². The first-order valence-electron chi connectivity index (χ1n) is 8.84. The quantitative estimate of drug-likeness (QED) is 0.636. The topological polar surface area (TPSA) is 65.8 Å². The fraction of sp³-hybridized carbons (Fsp3) is 0.227. The molecule has 0 aliphatic heterocycles. The molecule has 0 saturated heterocycles. The predicted molar refractivity (Wildman–Crippen MR) is 111 cm³/mol. The number of thioether (sulfide) groups is 1. The number of aryl methyl sites for hydroxylation is 3. The number of carbonyl (C=O) groups is 1. The summed E-state index contributed by atoms with van der Waals surface area (Å²) in [6.07, 6.45) is 0.854. The van der Waals surface area contributed by atoms with E-state index in [1.165, 1.54) is 17.3 Å². The number of fused-ring (bicyclic) bond motifs is 1. The van der Waals surface area contributed by atoms with Gasteiger partial charge in [0.15, 0.2) is 0 Å². The summed E-state index contributed by atoms with van der Waals surface area (Å²) in [4.78, 5) is 17.0. The zero-order valence-corrected chi connectivity index (χ0v) is 16.5. The molecule has 0 fully saturated rings. The molecule has 4 nitrogen and oxygen atoms in total. The van der Waals surface area contributed by atoms with Crippen LogP contribution in [0, 0.1) is 25.2 Å². The Bertz CT molecular complexity index is 1050. The van der Waals surface area contributed by atoms with E-state index >= 15 is 0 Å². The van der Waals surface area contributed by atoms with Crippen molar-refractivity contribution < 1.29 is 4.79 Å². The number of para-hydroxylation sites is 1. The van der Waals surface area contributed by atoms with Crippen molar-refractivity contribution in [1.82, 2.24) is 4.98 Å². The van der Waals surface area contributed by atoms with Crippen LogP contribution in [0.5, 0.6) is 0 Å². The Hall–Kier alpha value is -2.84. The van der Waals surface area contributed by atoms with E-state index in [1.54, 1.807) is 0 Å². The second kappa shape index (κ2) is 8.24. The van der Waals surface area contributed by atoms with Gasteiger partial charge in [-0.15, -0.1) is 0 Å². The fourth-order valence-corrected chi connectivity index (χ4v) is 3.65. The first-order chi connectivity index (χ1) is 13.0. The second-order valence-corrected chi connectivity index (χ2v) is 7.39. The molecule has 0 aliphatic rings. The Labute approximate surface area is 163 Å². The average molecular weight is 375 g/mol. The van der Waals surface area contributed by atoms with E-state index in [1.807, 2.05) is 56.3 Å². The minimum absolute atomic E-state index is 0.105. The van der Waals surface area contributed by atoms with Gasteiger partial charge >= 0.3 is 0 Å². The van der Waals surface area contributed by atoms with Crippen molar-refractivity contribution >= 4 is 34.3 Å². The molecule has 1 heterocycles. The lowest BCUT2D eigenvalue weighted by atomic mass is 10.1. The molecule has 27 heavy (non-hydrogen) atoms. The number of benzene rings is 2. The molecular weight excluding hydrogens is 354 g/mol. The minimum atomic E-state index is -0.105. The van der Waals surface area contributed by atoms with Gasteiger partial charge in [-0.05, 0) is 61.2 Å². The van der Waals surface area contributed by atoms with Crippen molar-refractivity contribution in [1.29, 1.82) is 5.26 Å². The second-order valence-electron chi connectivity index (χ2n) is 6.43. The van der Waals surface area contributed by atoms with Crippen LogP contribution < -0.4 is 5.32 Å². The molecule has 1 amide bonds. The largest absolute Gasteiger partial charge is 0.325 e. The van der Waals surface area contributed by atoms with Gasteiger partial charge in [-0.3, -0.25) is 4.79 Å². The molecule has 3 rings (SSSR count). The lowest BCUT2D eigenvalue weighted by Crippen LogP contribution is -2.15. The van der Waals surface area contributed by atoms with Gasteiger partial charge in [-0.25, -0.2) is 4.98 Å². The summed E-state index contributed by atoms with van der Waals surface area (Å²) in [5.41, 5.74) is 5.60. The number of amides is 1. The van der Waals surface area contributed by atoms with Crippen molar-refractivity contribution in [2.75, 3.05) is 11.1 Å². The number of nitriles is 1. The van der Waals surface area contributed by atoms with Crippen LogP contribution in [0.1, 0.15) is 29.2 Å². The SMILES string of the molecule is CCc1ccccc1NC(=O)CSc1nc2cc(C)c(C)cc2cc1C#N. The molecule has 0 unspecified atom stereocenters. The van der Waals surface area contributed by atoms with E-state index < -0.39 is 0 Å². The van der Waals surface area contributed by atoms with Crippen LogP contribution >= 0.6 is 11.8 Å². The molecule has 3 aromatic rings. The monoisotopic (exact) mass is 375 g/mol. The molecule has 0 aliphatic carbocycles. The molecule has 0 bridgehead atoms. The maximum atomic E-state index is 12.4. The van der Waals surface area contributed by atoms with Gasteiger partial charge in [0, 0.05) is 11.1 Å². The molecule has 0 saturated carbocycles. The van der Waals surface area contributed by atoms with Crippen LogP contribution in [0.15, 0.2) is 47.5 Å². The van der Waals surface area contributed by atoms with Gasteiger partial charge in [0.25, 0.3) is 0 Å². The van der Waals surface area contributed by atoms with E-state index in [0.29, 0.717) is 10.6 Å². The van der Waals surface area contributed by atoms with E-state index in [0.717, 1.165) is 34.1 Å². The van der Waals surface area contributed by atoms with Crippen molar-refractivity contribution in [3.8, 4) is 6.07 Å². The summed E-state index contributed by atoms with van der Waals surface area (Å²) in [5, 5.41) is 14.0. The van der Waals surface area contributed by atoms with E-state index in [9.17, 15) is 10.1 Å². The fourth-order valence-electron chi connectivity index (χ4n) is 2.88. The van der Waals surface area contributed by atoms with Crippen LogP contribution in [0.4, 0.5) is 5.69 Å². The summed E-state index contributed by atoms with van der Waals surface area (Å²) in [7, 11) is 0. The number of nitrogens with one attached hydrogen (secondary N) is 1. The van der Waals surface area contributed by atoms with E-state index in [4.69, 9.17) is 0 Å². The summed E-state index contributed by atoms with van der Waals surface area (Å²) < 4.78 is 0. The van der Waals surface area contributed by atoms with Crippen LogP contribution in [0.25, 0.3) is 10.9 Å². The van der Waals surface area contributed by atoms with E-state index in [-0.39, 0.29) is 11.7 Å². The number of anilines is 1. The van der Waals surface area contributed by atoms with Gasteiger partial charge in [-0.1, -0.05) is 36.9 Å². The molecule has 0 spiro atoms. The Morgan fingerprint density at radius 3 is 2.67 bits per heavy atom. The third-order valence-corrected chi connectivity index (χ3v) is 5.52. The minimum Gasteiger partial charge on any atom is -0.325 e. The first kappa shape index (κ1) is 18.9. The molecule has 0 radical (unpaired) electrons. The van der Waals surface area contributed by atoms with Crippen LogP contribution in [0.2, 0.25) is 0 Å². The Morgan fingerprint density at radius 2 is 1.93 bits per heavy atom. The lowest BCUT2D eigenvalue weighted by molar-refractivity contribution is -0.113. The molecule has 1 aromatic heterocycles. The van der Waals surface area contributed by atoms with Crippen molar-refractivity contribution in [2.24, 2.45) is 0 Å². The maximum absolute atomic E-state index is 12.4. The first-order valence-corrected chi connectivity index (χ1v) is 9.83. The molecule has 5 heteroatoms. The maximum Gasteiger partial charge on any atom is 0.234 e. The molecular formula is C22H21N3OS. The summed E-state index contributed by atoms with van der Waals surface area (Å²) in [5.74, 6) is 0.0996. The zero-order valence-electron chi connectivity index (χ0n) is 15.7. The molecule has 2 aromatic carbocycles. The smallest absolute Gasteiger partial charge is 0.234 e. The highest BCUT2D eigenvalue weighted by molar-refractivity contribution is 8.00. The number of aromatic nitrogens is 1. The summed E-state index contributed by atoms with van der Waals surface area (Å²) >= 11 is 1.29. The van der Waals surface area contributed by atoms with Crippen LogP contribution in [-0.2, 0) is 11.2 Å². The number of nitrogens with zero attached hydrogens (tertiary/aromatic N) is 2. The third-order valence-electron chi connectivity index (χ3n) is 4.53. The molecule has 1 N–H and O–H groups in total. The summed E-state index contributed by atoms with van der Waals surface area (Å²) in [6.45, 7) is 6.14. The third kappa shape index (κ3) is 4.29. The number of carbonyl (C=O) groups excluding carboxylic acids is 1. The average Bonchev–Trinajstić information content (AvgIpc) is 2.67.